The lowest BCUT2D eigenvalue weighted by Crippen LogP contribution is -2.40. The molecule has 1 aromatic heterocycles. The van der Waals surface area contributed by atoms with E-state index in [1.54, 1.807) is 31.2 Å². The lowest BCUT2D eigenvalue weighted by molar-refractivity contribution is -0.131. The van der Waals surface area contributed by atoms with E-state index in [1.165, 1.54) is 23.3 Å². The molecule has 0 radical (unpaired) electrons. The third-order valence-electron chi connectivity index (χ3n) is 4.09. The summed E-state index contributed by atoms with van der Waals surface area (Å²) >= 11 is 1.47. The molecule has 0 bridgehead atoms. The highest BCUT2D eigenvalue weighted by Crippen LogP contribution is 2.31. The van der Waals surface area contributed by atoms with Gasteiger partial charge in [0.05, 0.1) is 19.2 Å². The maximum absolute atomic E-state index is 12.7. The predicted octanol–water partition coefficient (Wildman–Crippen LogP) is 2.50. The first-order valence-corrected chi connectivity index (χ1v) is 8.24. The third kappa shape index (κ3) is 2.67. The average Bonchev–Trinajstić information content (AvgIpc) is 3.19. The molecule has 1 fully saturated rings. The molecule has 1 atom stereocenters. The van der Waals surface area contributed by atoms with Crippen LogP contribution in [0.15, 0.2) is 41.1 Å². The van der Waals surface area contributed by atoms with Crippen LogP contribution in [0.2, 0.25) is 0 Å². The van der Waals surface area contributed by atoms with E-state index in [9.17, 15) is 14.4 Å². The van der Waals surface area contributed by atoms with Gasteiger partial charge in [-0.1, -0.05) is 12.1 Å². The van der Waals surface area contributed by atoms with E-state index in [4.69, 9.17) is 0 Å². The van der Waals surface area contributed by atoms with E-state index < -0.39 is 17.5 Å². The summed E-state index contributed by atoms with van der Waals surface area (Å²) in [6, 6.07) is 8.03. The Morgan fingerprint density at radius 1 is 1.25 bits per heavy atom. The van der Waals surface area contributed by atoms with E-state index in [0.29, 0.717) is 5.56 Å². The molecular weight excluding hydrogens is 328 g/mol. The second-order valence-corrected chi connectivity index (χ2v) is 6.43. The van der Waals surface area contributed by atoms with Crippen LogP contribution in [0.3, 0.4) is 0 Å². The van der Waals surface area contributed by atoms with Crippen molar-refractivity contribution in [2.75, 3.05) is 7.11 Å². The number of carbonyl (C=O) groups is 3. The zero-order valence-corrected chi connectivity index (χ0v) is 14.1. The van der Waals surface area contributed by atoms with Gasteiger partial charge >= 0.3 is 12.0 Å². The van der Waals surface area contributed by atoms with E-state index in [2.05, 4.69) is 10.1 Å². The topological polar surface area (TPSA) is 75.7 Å². The number of amides is 3. The van der Waals surface area contributed by atoms with Gasteiger partial charge in [-0.3, -0.25) is 9.69 Å². The first-order valence-electron chi connectivity index (χ1n) is 7.30. The number of hydrogen-bond acceptors (Lipinski definition) is 5. The van der Waals surface area contributed by atoms with Crippen LogP contribution in [-0.4, -0.2) is 29.9 Å². The van der Waals surface area contributed by atoms with Gasteiger partial charge in [-0.15, -0.1) is 0 Å². The zero-order valence-electron chi connectivity index (χ0n) is 13.2. The first-order chi connectivity index (χ1) is 11.5. The van der Waals surface area contributed by atoms with Gasteiger partial charge in [0, 0.05) is 0 Å². The van der Waals surface area contributed by atoms with Gasteiger partial charge in [0.2, 0.25) is 0 Å². The summed E-state index contributed by atoms with van der Waals surface area (Å²) in [5, 5.41) is 6.48. The number of ether oxygens (including phenoxy) is 1. The highest BCUT2D eigenvalue weighted by molar-refractivity contribution is 7.08. The molecule has 3 rings (SSSR count). The molecule has 124 valence electrons. The maximum Gasteiger partial charge on any atom is 0.337 e. The minimum Gasteiger partial charge on any atom is -0.465 e. The summed E-state index contributed by atoms with van der Waals surface area (Å²) in [6.45, 7) is 1.85. The van der Waals surface area contributed by atoms with Gasteiger partial charge in [0.15, 0.2) is 0 Å². The van der Waals surface area contributed by atoms with E-state index in [0.717, 1.165) is 11.1 Å². The van der Waals surface area contributed by atoms with E-state index in [-0.39, 0.29) is 12.5 Å². The number of carbonyl (C=O) groups excluding carboxylic acids is 3. The summed E-state index contributed by atoms with van der Waals surface area (Å²) in [6.07, 6.45) is 0. The maximum atomic E-state index is 12.7. The van der Waals surface area contributed by atoms with Crippen LogP contribution in [-0.2, 0) is 21.6 Å². The molecule has 24 heavy (non-hydrogen) atoms. The lowest BCUT2D eigenvalue weighted by atomic mass is 9.95. The van der Waals surface area contributed by atoms with Crippen molar-refractivity contribution in [2.45, 2.75) is 19.0 Å². The molecule has 0 spiro atoms. The SMILES string of the molecule is COC(=O)c1ccc(CN2C(=O)N[C@@](C)(c3ccsc3)C2=O)cc1. The Kier molecular flexibility index (Phi) is 4.11. The lowest BCUT2D eigenvalue weighted by Gasteiger charge is -2.20. The van der Waals surface area contributed by atoms with Crippen molar-refractivity contribution in [1.82, 2.24) is 10.2 Å². The fourth-order valence-electron chi connectivity index (χ4n) is 2.63. The molecule has 0 aliphatic carbocycles. The van der Waals surface area contributed by atoms with Crippen molar-refractivity contribution in [3.05, 3.63) is 57.8 Å². The molecule has 1 saturated heterocycles. The minimum atomic E-state index is -1.04. The van der Waals surface area contributed by atoms with Crippen LogP contribution in [0.5, 0.6) is 0 Å². The van der Waals surface area contributed by atoms with Gasteiger partial charge in [-0.05, 0) is 47.0 Å². The molecule has 6 nitrogen and oxygen atoms in total. The molecule has 1 aliphatic rings. The number of methoxy groups -OCH3 is 1. The second-order valence-electron chi connectivity index (χ2n) is 5.65. The standard InChI is InChI=1S/C17H16N2O4S/c1-17(13-7-8-24-10-13)15(21)19(16(22)18-17)9-11-3-5-12(6-4-11)14(20)23-2/h3-8,10H,9H2,1-2H3,(H,18,22)/t17-/m0/s1. The quantitative estimate of drug-likeness (QED) is 0.683. The van der Waals surface area contributed by atoms with Crippen LogP contribution in [0.1, 0.15) is 28.4 Å². The summed E-state index contributed by atoms with van der Waals surface area (Å²) in [4.78, 5) is 37.6. The van der Waals surface area contributed by atoms with Crippen LogP contribution in [0, 0.1) is 0 Å². The van der Waals surface area contributed by atoms with Crippen LogP contribution >= 0.6 is 11.3 Å². The molecule has 1 aliphatic heterocycles. The Morgan fingerprint density at radius 2 is 1.96 bits per heavy atom. The molecule has 2 aromatic rings. The molecule has 2 heterocycles. The predicted molar refractivity (Wildman–Crippen MR) is 88.5 cm³/mol. The molecule has 0 unspecified atom stereocenters. The van der Waals surface area contributed by atoms with Crippen molar-refractivity contribution >= 4 is 29.2 Å². The summed E-state index contributed by atoms with van der Waals surface area (Å²) in [5.41, 5.74) is 0.903. The molecule has 0 saturated carbocycles. The Balaban J connectivity index is 1.79. The molecule has 7 heteroatoms. The molecule has 1 aromatic carbocycles. The van der Waals surface area contributed by atoms with Gasteiger partial charge in [-0.25, -0.2) is 9.59 Å². The van der Waals surface area contributed by atoms with Crippen molar-refractivity contribution in [3.8, 4) is 0 Å². The third-order valence-corrected chi connectivity index (χ3v) is 4.77. The number of nitrogens with one attached hydrogen (secondary N) is 1. The normalized spacial score (nSPS) is 20.2. The average molecular weight is 344 g/mol. The minimum absolute atomic E-state index is 0.145. The Hall–Kier alpha value is -2.67. The summed E-state index contributed by atoms with van der Waals surface area (Å²) < 4.78 is 4.65. The first kappa shape index (κ1) is 16.2. The number of rotatable bonds is 4. The number of imide groups is 1. The number of thiophene rings is 1. The van der Waals surface area contributed by atoms with Crippen LogP contribution < -0.4 is 5.32 Å². The number of hydrogen-bond donors (Lipinski definition) is 1. The largest absolute Gasteiger partial charge is 0.465 e. The van der Waals surface area contributed by atoms with Crippen molar-refractivity contribution in [2.24, 2.45) is 0 Å². The molecule has 1 N–H and O–H groups in total. The second kappa shape index (κ2) is 6.09. The number of benzene rings is 1. The molecule has 3 amide bonds. The Bertz CT molecular complexity index is 785. The zero-order chi connectivity index (χ0) is 17.3. The molecular formula is C17H16N2O4S. The van der Waals surface area contributed by atoms with Crippen molar-refractivity contribution < 1.29 is 19.1 Å². The van der Waals surface area contributed by atoms with Crippen LogP contribution in [0.25, 0.3) is 0 Å². The number of esters is 1. The van der Waals surface area contributed by atoms with Gasteiger partial charge < -0.3 is 10.1 Å². The fourth-order valence-corrected chi connectivity index (χ4v) is 3.40. The van der Waals surface area contributed by atoms with Crippen LogP contribution in [0.4, 0.5) is 4.79 Å². The monoisotopic (exact) mass is 344 g/mol. The van der Waals surface area contributed by atoms with E-state index >= 15 is 0 Å². The summed E-state index contributed by atoms with van der Waals surface area (Å²) in [7, 11) is 1.31. The van der Waals surface area contributed by atoms with Crippen molar-refractivity contribution in [3.63, 3.8) is 0 Å². The van der Waals surface area contributed by atoms with Gasteiger partial charge in [0.1, 0.15) is 5.54 Å². The highest BCUT2D eigenvalue weighted by Gasteiger charge is 2.49. The Labute approximate surface area is 143 Å². The Morgan fingerprint density at radius 3 is 2.54 bits per heavy atom. The van der Waals surface area contributed by atoms with Gasteiger partial charge in [-0.2, -0.15) is 11.3 Å². The van der Waals surface area contributed by atoms with E-state index in [1.807, 2.05) is 16.8 Å². The number of urea groups is 1. The smallest absolute Gasteiger partial charge is 0.337 e. The van der Waals surface area contributed by atoms with Gasteiger partial charge in [0.25, 0.3) is 5.91 Å². The number of nitrogens with zero attached hydrogens (tertiary/aromatic N) is 1. The highest BCUT2D eigenvalue weighted by atomic mass is 32.1. The summed E-state index contributed by atoms with van der Waals surface area (Å²) in [5.74, 6) is -0.718. The fraction of sp³-hybridized carbons (Fsp3) is 0.235. The van der Waals surface area contributed by atoms with Crippen molar-refractivity contribution in [1.29, 1.82) is 0 Å².